The number of nitrogens with one attached hydrogen (secondary N) is 2. The van der Waals surface area contributed by atoms with Crippen LogP contribution in [0.4, 0.5) is 20.2 Å². The number of anilines is 2. The molecule has 0 aliphatic carbocycles. The van der Waals surface area contributed by atoms with Crippen molar-refractivity contribution in [2.75, 3.05) is 9.73 Å². The highest BCUT2D eigenvalue weighted by Crippen LogP contribution is 2.33. The first kappa shape index (κ1) is 23.0. The maximum Gasteiger partial charge on any atom is 0.387 e. The highest BCUT2D eigenvalue weighted by atomic mass is 35.5. The van der Waals surface area contributed by atoms with Crippen LogP contribution < -0.4 is 19.9 Å². The highest BCUT2D eigenvalue weighted by Gasteiger charge is 2.31. The number of hydrogen-bond donors (Lipinski definition) is 2. The summed E-state index contributed by atoms with van der Waals surface area (Å²) in [6, 6.07) is 16.6. The van der Waals surface area contributed by atoms with Crippen LogP contribution in [0.1, 0.15) is 11.1 Å². The fourth-order valence-electron chi connectivity index (χ4n) is 3.35. The summed E-state index contributed by atoms with van der Waals surface area (Å²) in [6.45, 7) is -2.84. The molecule has 1 amide bonds. The summed E-state index contributed by atoms with van der Waals surface area (Å²) in [6.07, 6.45) is 0.117. The molecule has 0 saturated carbocycles. The van der Waals surface area contributed by atoms with E-state index in [-0.39, 0.29) is 29.5 Å². The number of alkyl halides is 2. The molecule has 4 rings (SSSR count). The van der Waals surface area contributed by atoms with Crippen molar-refractivity contribution in [1.29, 1.82) is 0 Å². The summed E-state index contributed by atoms with van der Waals surface area (Å²) in [4.78, 5) is 12.2. The number of hydrazine groups is 1. The molecule has 0 aromatic heterocycles. The van der Waals surface area contributed by atoms with Crippen molar-refractivity contribution in [2.24, 2.45) is 0 Å². The molecule has 0 atom stereocenters. The Hall–Kier alpha value is -3.21. The molecular weight excluding hydrogens is 476 g/mol. The third-order valence-electron chi connectivity index (χ3n) is 4.85. The van der Waals surface area contributed by atoms with Crippen molar-refractivity contribution < 1.29 is 26.7 Å². The number of sulfonamides is 1. The number of rotatable bonds is 7. The van der Waals surface area contributed by atoms with Crippen LogP contribution in [0.15, 0.2) is 71.6 Å². The van der Waals surface area contributed by atoms with Gasteiger partial charge < -0.3 is 10.1 Å². The van der Waals surface area contributed by atoms with E-state index in [2.05, 4.69) is 15.5 Å². The van der Waals surface area contributed by atoms with E-state index in [1.54, 1.807) is 36.4 Å². The summed E-state index contributed by atoms with van der Waals surface area (Å²) in [5, 5.41) is 3.32. The average Bonchev–Trinajstić information content (AvgIpc) is 3.19. The molecule has 0 fully saturated rings. The van der Waals surface area contributed by atoms with Crippen molar-refractivity contribution in [3.05, 3.63) is 82.9 Å². The van der Waals surface area contributed by atoms with Gasteiger partial charge in [-0.3, -0.25) is 4.79 Å². The van der Waals surface area contributed by atoms with Crippen molar-refractivity contribution in [1.82, 2.24) is 5.43 Å². The van der Waals surface area contributed by atoms with Gasteiger partial charge in [-0.05, 0) is 47.5 Å². The van der Waals surface area contributed by atoms with Gasteiger partial charge in [0.1, 0.15) is 5.75 Å². The molecular formula is C22H18ClF2N3O4S. The topological polar surface area (TPSA) is 87.7 Å². The number of hydrogen-bond acceptors (Lipinski definition) is 5. The molecule has 1 aliphatic rings. The van der Waals surface area contributed by atoms with Crippen LogP contribution in [0.3, 0.4) is 0 Å². The number of carbonyl (C=O) groups is 1. The van der Waals surface area contributed by atoms with Crippen LogP contribution in [0.2, 0.25) is 5.02 Å². The van der Waals surface area contributed by atoms with Crippen molar-refractivity contribution in [3.8, 4) is 5.75 Å². The lowest BCUT2D eigenvalue weighted by atomic mass is 10.1. The molecule has 2 N–H and O–H groups in total. The normalized spacial score (nSPS) is 13.2. The van der Waals surface area contributed by atoms with Gasteiger partial charge in [0, 0.05) is 23.3 Å². The highest BCUT2D eigenvalue weighted by molar-refractivity contribution is 7.92. The van der Waals surface area contributed by atoms with Gasteiger partial charge in [-0.1, -0.05) is 35.9 Å². The molecule has 3 aromatic rings. The van der Waals surface area contributed by atoms with Crippen LogP contribution in [-0.4, -0.2) is 20.9 Å². The predicted molar refractivity (Wildman–Crippen MR) is 120 cm³/mol. The lowest BCUT2D eigenvalue weighted by Gasteiger charge is -2.20. The van der Waals surface area contributed by atoms with E-state index in [0.717, 1.165) is 16.0 Å². The second-order valence-electron chi connectivity index (χ2n) is 7.15. The van der Waals surface area contributed by atoms with Gasteiger partial charge in [-0.15, -0.1) is 0 Å². The summed E-state index contributed by atoms with van der Waals surface area (Å²) < 4.78 is 56.6. The smallest absolute Gasteiger partial charge is 0.387 e. The Labute approximate surface area is 193 Å². The Morgan fingerprint density at radius 2 is 1.88 bits per heavy atom. The Bertz CT molecular complexity index is 1290. The predicted octanol–water partition coefficient (Wildman–Crippen LogP) is 4.34. The van der Waals surface area contributed by atoms with Crippen LogP contribution in [0.25, 0.3) is 0 Å². The summed E-state index contributed by atoms with van der Waals surface area (Å²) >= 11 is 5.86. The second-order valence-corrected chi connectivity index (χ2v) is 9.38. The third kappa shape index (κ3) is 5.24. The molecule has 0 bridgehead atoms. The van der Waals surface area contributed by atoms with Crippen LogP contribution in [0, 0.1) is 0 Å². The molecule has 3 aromatic carbocycles. The molecule has 7 nitrogen and oxygen atoms in total. The summed E-state index contributed by atoms with van der Waals surface area (Å²) in [5.41, 5.74) is 4.97. The van der Waals surface area contributed by atoms with Crippen LogP contribution >= 0.6 is 11.6 Å². The Kier molecular flexibility index (Phi) is 6.50. The second kappa shape index (κ2) is 9.34. The van der Waals surface area contributed by atoms with Crippen LogP contribution in [0.5, 0.6) is 5.75 Å². The van der Waals surface area contributed by atoms with Gasteiger partial charge >= 0.3 is 6.61 Å². The molecule has 0 spiro atoms. The molecule has 0 radical (unpaired) electrons. The van der Waals surface area contributed by atoms with E-state index >= 15 is 0 Å². The van der Waals surface area contributed by atoms with Crippen LogP contribution in [-0.2, 0) is 27.8 Å². The number of nitrogens with zero attached hydrogens (tertiary/aromatic N) is 1. The molecule has 0 saturated heterocycles. The average molecular weight is 494 g/mol. The van der Waals surface area contributed by atoms with Gasteiger partial charge in [0.05, 0.1) is 17.0 Å². The first-order valence-corrected chi connectivity index (χ1v) is 11.5. The van der Waals surface area contributed by atoms with E-state index in [1.165, 1.54) is 24.3 Å². The minimum absolute atomic E-state index is 0.117. The molecule has 172 valence electrons. The Balaban J connectivity index is 1.54. The van der Waals surface area contributed by atoms with Gasteiger partial charge in [0.15, 0.2) is 0 Å². The molecule has 11 heteroatoms. The van der Waals surface area contributed by atoms with Gasteiger partial charge in [0.2, 0.25) is 5.91 Å². The lowest BCUT2D eigenvalue weighted by molar-refractivity contribution is -0.115. The number of ether oxygens (including phenoxy) is 1. The van der Waals surface area contributed by atoms with E-state index in [0.29, 0.717) is 22.0 Å². The third-order valence-corrected chi connectivity index (χ3v) is 6.76. The number of fused-ring (bicyclic) bond motifs is 1. The summed E-state index contributed by atoms with van der Waals surface area (Å²) in [7, 11) is -4.14. The van der Waals surface area contributed by atoms with E-state index in [4.69, 9.17) is 11.6 Å². The monoisotopic (exact) mass is 493 g/mol. The summed E-state index contributed by atoms with van der Waals surface area (Å²) in [5.74, 6) is -0.553. The van der Waals surface area contributed by atoms with Gasteiger partial charge in [-0.25, -0.2) is 5.43 Å². The Morgan fingerprint density at radius 1 is 1.12 bits per heavy atom. The zero-order valence-corrected chi connectivity index (χ0v) is 18.5. The van der Waals surface area contributed by atoms with Crippen molar-refractivity contribution in [3.63, 3.8) is 0 Å². The fraction of sp³-hybridized carbons (Fsp3) is 0.136. The van der Waals surface area contributed by atoms with E-state index in [9.17, 15) is 22.0 Å². The molecule has 0 unspecified atom stereocenters. The maximum absolute atomic E-state index is 13.2. The quantitative estimate of drug-likeness (QED) is 0.511. The zero-order chi connectivity index (χ0) is 23.6. The maximum atomic E-state index is 13.2. The lowest BCUT2D eigenvalue weighted by Crippen LogP contribution is -2.38. The van der Waals surface area contributed by atoms with Gasteiger partial charge in [0.25, 0.3) is 10.0 Å². The molecule has 33 heavy (non-hydrogen) atoms. The van der Waals surface area contributed by atoms with Gasteiger partial charge in [-0.2, -0.15) is 21.6 Å². The van der Waals surface area contributed by atoms with E-state index < -0.39 is 16.6 Å². The minimum atomic E-state index is -4.14. The fourth-order valence-corrected chi connectivity index (χ4v) is 4.86. The number of carbonyl (C=O) groups excluding carboxylic acids is 1. The largest absolute Gasteiger partial charge is 0.435 e. The number of halogens is 3. The van der Waals surface area contributed by atoms with Crippen molar-refractivity contribution in [2.45, 2.75) is 24.5 Å². The molecule has 1 heterocycles. The SMILES string of the molecule is O=C(Cc1ccc(Cl)cc1)Nc1ccc2c(c1)N(S(=O)(=O)c1cccc(OC(F)F)c1)NC2. The standard InChI is InChI=1S/C22H18ClF2N3O4S/c23-16-7-4-14(5-8-16)10-21(29)27-17-9-6-15-13-26-28(20(15)11-17)33(30,31)19-3-1-2-18(12-19)32-22(24)25/h1-9,11-12,22,26H,10,13H2,(H,27,29). The first-order chi connectivity index (χ1) is 15.7. The minimum Gasteiger partial charge on any atom is -0.435 e. The number of benzene rings is 3. The molecule has 1 aliphatic heterocycles. The first-order valence-electron chi connectivity index (χ1n) is 9.73. The van der Waals surface area contributed by atoms with Crippen molar-refractivity contribution >= 4 is 38.9 Å². The number of amides is 1. The Morgan fingerprint density at radius 3 is 2.61 bits per heavy atom. The zero-order valence-electron chi connectivity index (χ0n) is 17.0. The van der Waals surface area contributed by atoms with E-state index in [1.807, 2.05) is 0 Å².